The SMILES string of the molecule is CC(C)NC(=O)N(C)C[C@@H]1Oc2c(NC(=O)c3nc4ccccc4s3)cccc2C(=O)N([C@H](C)CO)C[C@H]1C. The van der Waals surface area contributed by atoms with Crippen molar-refractivity contribution >= 4 is 45.1 Å². The molecule has 2 aromatic carbocycles. The summed E-state index contributed by atoms with van der Waals surface area (Å²) in [6.07, 6.45) is -0.506. The molecule has 4 amide bonds. The number of para-hydroxylation sites is 2. The fraction of sp³-hybridized carbons (Fsp3) is 0.429. The van der Waals surface area contributed by atoms with Gasteiger partial charge in [0.1, 0.15) is 6.10 Å². The fourth-order valence-corrected chi connectivity index (χ4v) is 5.28. The number of fused-ring (bicyclic) bond motifs is 2. The maximum absolute atomic E-state index is 13.7. The van der Waals surface area contributed by atoms with Crippen molar-refractivity contribution < 1.29 is 24.2 Å². The van der Waals surface area contributed by atoms with Crippen LogP contribution in [0.25, 0.3) is 10.2 Å². The van der Waals surface area contributed by atoms with E-state index in [1.165, 1.54) is 11.3 Å². The molecule has 3 aromatic rings. The Hall–Kier alpha value is -3.70. The fourth-order valence-electron chi connectivity index (χ4n) is 4.41. The number of benzene rings is 2. The van der Waals surface area contributed by atoms with Crippen LogP contribution in [0.3, 0.4) is 0 Å². The number of hydrogen-bond acceptors (Lipinski definition) is 7. The van der Waals surface area contributed by atoms with E-state index in [4.69, 9.17) is 4.74 Å². The van der Waals surface area contributed by atoms with Crippen LogP contribution in [0.4, 0.5) is 10.5 Å². The maximum Gasteiger partial charge on any atom is 0.317 e. The molecule has 0 spiro atoms. The maximum atomic E-state index is 13.7. The van der Waals surface area contributed by atoms with Gasteiger partial charge in [-0.2, -0.15) is 0 Å². The Morgan fingerprint density at radius 2 is 1.95 bits per heavy atom. The molecule has 1 aliphatic rings. The van der Waals surface area contributed by atoms with Crippen LogP contribution in [-0.4, -0.2) is 82.7 Å². The minimum Gasteiger partial charge on any atom is -0.485 e. The van der Waals surface area contributed by atoms with Gasteiger partial charge in [-0.3, -0.25) is 9.59 Å². The number of likely N-dealkylation sites (N-methyl/N-ethyl adjacent to an activating group) is 1. The van der Waals surface area contributed by atoms with Gasteiger partial charge in [0, 0.05) is 25.6 Å². The molecule has 4 rings (SSSR count). The van der Waals surface area contributed by atoms with Gasteiger partial charge in [-0.05, 0) is 45.0 Å². The van der Waals surface area contributed by atoms with Gasteiger partial charge < -0.3 is 30.3 Å². The Kier molecular flexibility index (Phi) is 8.71. The highest BCUT2D eigenvalue weighted by atomic mass is 32.1. The second-order valence-corrected chi connectivity index (χ2v) is 11.3. The first-order valence-electron chi connectivity index (χ1n) is 13.0. The topological polar surface area (TPSA) is 124 Å². The Morgan fingerprint density at radius 3 is 2.64 bits per heavy atom. The number of amides is 4. The lowest BCUT2D eigenvalue weighted by atomic mass is 9.99. The summed E-state index contributed by atoms with van der Waals surface area (Å²) in [5, 5.41) is 15.9. The summed E-state index contributed by atoms with van der Waals surface area (Å²) >= 11 is 1.28. The molecule has 0 radical (unpaired) electrons. The third-order valence-corrected chi connectivity index (χ3v) is 7.68. The van der Waals surface area contributed by atoms with Crippen molar-refractivity contribution in [2.24, 2.45) is 5.92 Å². The number of ether oxygens (including phenoxy) is 1. The quantitative estimate of drug-likeness (QED) is 0.409. The Morgan fingerprint density at radius 1 is 1.21 bits per heavy atom. The molecular formula is C28H35N5O5S. The number of aromatic nitrogens is 1. The van der Waals surface area contributed by atoms with E-state index in [0.29, 0.717) is 12.2 Å². The molecular weight excluding hydrogens is 518 g/mol. The minimum absolute atomic E-state index is 0.0285. The zero-order valence-electron chi connectivity index (χ0n) is 22.8. The highest BCUT2D eigenvalue weighted by molar-refractivity contribution is 7.20. The standard InChI is InChI=1S/C28H35N5O5S/c1-16(2)29-28(37)32(5)14-22-17(3)13-33(18(4)15-34)27(36)19-9-8-11-21(24(19)38-22)30-25(35)26-31-20-10-6-7-12-23(20)39-26/h6-12,16-18,22,34H,13-15H2,1-5H3,(H,29,37)(H,30,35)/t17-,18-,22+/m1/s1. The van der Waals surface area contributed by atoms with Crippen molar-refractivity contribution in [1.29, 1.82) is 0 Å². The molecule has 0 bridgehead atoms. The number of thiazole rings is 1. The third-order valence-electron chi connectivity index (χ3n) is 6.64. The Labute approximate surface area is 232 Å². The molecule has 0 aliphatic carbocycles. The highest BCUT2D eigenvalue weighted by Crippen LogP contribution is 2.35. The van der Waals surface area contributed by atoms with Gasteiger partial charge in [0.05, 0.1) is 40.7 Å². The largest absolute Gasteiger partial charge is 0.485 e. The zero-order valence-corrected chi connectivity index (χ0v) is 23.6. The van der Waals surface area contributed by atoms with E-state index in [2.05, 4.69) is 15.6 Å². The number of urea groups is 1. The van der Waals surface area contributed by atoms with Crippen LogP contribution >= 0.6 is 11.3 Å². The third kappa shape index (κ3) is 6.31. The first-order valence-corrected chi connectivity index (χ1v) is 13.8. The van der Waals surface area contributed by atoms with Crippen LogP contribution in [0.5, 0.6) is 5.75 Å². The predicted molar refractivity (Wildman–Crippen MR) is 151 cm³/mol. The molecule has 3 N–H and O–H groups in total. The van der Waals surface area contributed by atoms with Crippen LogP contribution in [0.15, 0.2) is 42.5 Å². The van der Waals surface area contributed by atoms with Crippen molar-refractivity contribution in [3.63, 3.8) is 0 Å². The molecule has 11 heteroatoms. The van der Waals surface area contributed by atoms with E-state index in [-0.39, 0.29) is 53.4 Å². The van der Waals surface area contributed by atoms with Gasteiger partial charge in [-0.1, -0.05) is 25.1 Å². The molecule has 0 saturated carbocycles. The Bertz CT molecular complexity index is 1330. The number of aliphatic hydroxyl groups is 1. The van der Waals surface area contributed by atoms with Crippen LogP contribution in [0.1, 0.15) is 47.9 Å². The predicted octanol–water partition coefficient (Wildman–Crippen LogP) is 3.82. The first kappa shape index (κ1) is 28.3. The number of hydrogen-bond donors (Lipinski definition) is 3. The zero-order chi connectivity index (χ0) is 28.3. The van der Waals surface area contributed by atoms with Crippen molar-refractivity contribution in [3.05, 3.63) is 53.0 Å². The molecule has 1 aliphatic heterocycles. The molecule has 0 unspecified atom stereocenters. The number of rotatable bonds is 7. The van der Waals surface area contributed by atoms with E-state index in [1.807, 2.05) is 45.0 Å². The number of carbonyl (C=O) groups excluding carboxylic acids is 3. The average molecular weight is 554 g/mol. The summed E-state index contributed by atoms with van der Waals surface area (Å²) in [6, 6.07) is 11.8. The molecule has 208 valence electrons. The van der Waals surface area contributed by atoms with Gasteiger partial charge in [0.25, 0.3) is 11.8 Å². The average Bonchev–Trinajstić information content (AvgIpc) is 3.34. The number of carbonyl (C=O) groups is 3. The van der Waals surface area contributed by atoms with Gasteiger partial charge in [-0.15, -0.1) is 11.3 Å². The van der Waals surface area contributed by atoms with Gasteiger partial charge in [0.15, 0.2) is 10.8 Å². The lowest BCUT2D eigenvalue weighted by Gasteiger charge is -2.38. The number of nitrogens with one attached hydrogen (secondary N) is 2. The minimum atomic E-state index is -0.506. The van der Waals surface area contributed by atoms with Crippen LogP contribution < -0.4 is 15.4 Å². The number of aliphatic hydroxyl groups excluding tert-OH is 1. The van der Waals surface area contributed by atoms with Crippen molar-refractivity contribution in [2.45, 2.75) is 45.9 Å². The molecule has 3 atom stereocenters. The summed E-state index contributed by atoms with van der Waals surface area (Å²) in [4.78, 5) is 47.1. The van der Waals surface area contributed by atoms with E-state index in [9.17, 15) is 19.5 Å². The smallest absolute Gasteiger partial charge is 0.317 e. The van der Waals surface area contributed by atoms with Crippen LogP contribution in [-0.2, 0) is 0 Å². The van der Waals surface area contributed by atoms with Crippen LogP contribution in [0.2, 0.25) is 0 Å². The highest BCUT2D eigenvalue weighted by Gasteiger charge is 2.35. The normalized spacial score (nSPS) is 18.1. The second-order valence-electron chi connectivity index (χ2n) is 10.2. The molecule has 10 nitrogen and oxygen atoms in total. The number of anilines is 1. The van der Waals surface area contributed by atoms with Gasteiger partial charge in [-0.25, -0.2) is 9.78 Å². The molecule has 2 heterocycles. The van der Waals surface area contributed by atoms with E-state index in [1.54, 1.807) is 42.0 Å². The summed E-state index contributed by atoms with van der Waals surface area (Å²) in [5.74, 6) is -0.695. The lowest BCUT2D eigenvalue weighted by Crippen LogP contribution is -2.51. The first-order chi connectivity index (χ1) is 18.6. The number of nitrogens with zero attached hydrogens (tertiary/aromatic N) is 3. The molecule has 0 fully saturated rings. The molecule has 1 aromatic heterocycles. The van der Waals surface area contributed by atoms with E-state index >= 15 is 0 Å². The summed E-state index contributed by atoms with van der Waals surface area (Å²) in [5.41, 5.74) is 1.33. The van der Waals surface area contributed by atoms with Crippen molar-refractivity contribution in [3.8, 4) is 5.75 Å². The summed E-state index contributed by atoms with van der Waals surface area (Å²) in [6.45, 7) is 7.86. The second kappa shape index (κ2) is 12.0. The van der Waals surface area contributed by atoms with Crippen molar-refractivity contribution in [1.82, 2.24) is 20.1 Å². The molecule has 0 saturated heterocycles. The summed E-state index contributed by atoms with van der Waals surface area (Å²) < 4.78 is 7.36. The summed E-state index contributed by atoms with van der Waals surface area (Å²) in [7, 11) is 1.69. The van der Waals surface area contributed by atoms with E-state index < -0.39 is 18.1 Å². The van der Waals surface area contributed by atoms with Crippen molar-refractivity contribution in [2.75, 3.05) is 32.1 Å². The monoisotopic (exact) mass is 553 g/mol. The molecule has 39 heavy (non-hydrogen) atoms. The Balaban J connectivity index is 1.70. The lowest BCUT2D eigenvalue weighted by molar-refractivity contribution is 0.0368. The van der Waals surface area contributed by atoms with Crippen LogP contribution in [0, 0.1) is 5.92 Å². The van der Waals surface area contributed by atoms with Gasteiger partial charge >= 0.3 is 6.03 Å². The van der Waals surface area contributed by atoms with Gasteiger partial charge in [0.2, 0.25) is 0 Å². The van der Waals surface area contributed by atoms with E-state index in [0.717, 1.165) is 10.2 Å².